The van der Waals surface area contributed by atoms with Gasteiger partial charge in [-0.2, -0.15) is 4.31 Å². The zero-order valence-corrected chi connectivity index (χ0v) is 21.6. The smallest absolute Gasteiger partial charge is 0.243 e. The zero-order chi connectivity index (χ0) is 21.3. The molecule has 0 bridgehead atoms. The van der Waals surface area contributed by atoms with Crippen LogP contribution in [0.2, 0.25) is 0 Å². The number of halogens is 1. The van der Waals surface area contributed by atoms with Crippen LogP contribution in [-0.2, 0) is 21.3 Å². The summed E-state index contributed by atoms with van der Waals surface area (Å²) in [6, 6.07) is 6.86. The number of sulfonamides is 1. The first-order chi connectivity index (χ1) is 13.8. The molecule has 172 valence electrons. The van der Waals surface area contributed by atoms with Crippen LogP contribution in [0.1, 0.15) is 26.3 Å². The van der Waals surface area contributed by atoms with Gasteiger partial charge in [0.1, 0.15) is 0 Å². The van der Waals surface area contributed by atoms with Crippen LogP contribution in [0.4, 0.5) is 0 Å². The summed E-state index contributed by atoms with van der Waals surface area (Å²) in [6.45, 7) is 12.3. The van der Waals surface area contributed by atoms with E-state index in [0.29, 0.717) is 11.4 Å². The summed E-state index contributed by atoms with van der Waals surface area (Å²) in [6.07, 6.45) is 0. The molecule has 1 aliphatic rings. The lowest BCUT2D eigenvalue weighted by atomic mass is 10.2. The Labute approximate surface area is 198 Å². The van der Waals surface area contributed by atoms with Crippen LogP contribution in [0.5, 0.6) is 0 Å². The fourth-order valence-corrected chi connectivity index (χ4v) is 4.25. The molecule has 30 heavy (non-hydrogen) atoms. The number of hydrogen-bond donors (Lipinski definition) is 2. The molecule has 0 saturated carbocycles. The van der Waals surface area contributed by atoms with Crippen molar-refractivity contribution >= 4 is 40.0 Å². The normalized spacial score (nSPS) is 15.9. The first-order valence-electron chi connectivity index (χ1n) is 10.2. The van der Waals surface area contributed by atoms with E-state index in [1.807, 2.05) is 32.9 Å². The van der Waals surface area contributed by atoms with Gasteiger partial charge in [-0.3, -0.25) is 4.90 Å². The lowest BCUT2D eigenvalue weighted by molar-refractivity contribution is 0.0389. The highest BCUT2D eigenvalue weighted by molar-refractivity contribution is 14.0. The van der Waals surface area contributed by atoms with E-state index in [9.17, 15) is 8.42 Å². The lowest BCUT2D eigenvalue weighted by Gasteiger charge is -2.26. The molecular formula is C20H36IN5O3S. The lowest BCUT2D eigenvalue weighted by Crippen LogP contribution is -2.44. The van der Waals surface area contributed by atoms with Gasteiger partial charge >= 0.3 is 0 Å². The molecule has 1 saturated heterocycles. The van der Waals surface area contributed by atoms with Gasteiger partial charge in [0.25, 0.3) is 0 Å². The predicted molar refractivity (Wildman–Crippen MR) is 132 cm³/mol. The highest BCUT2D eigenvalue weighted by atomic mass is 127. The molecule has 0 unspecified atom stereocenters. The van der Waals surface area contributed by atoms with E-state index in [1.54, 1.807) is 19.2 Å². The Bertz CT molecular complexity index is 750. The Balaban J connectivity index is 0.00000450. The summed E-state index contributed by atoms with van der Waals surface area (Å²) in [5, 5.41) is 6.60. The molecule has 0 radical (unpaired) electrons. The monoisotopic (exact) mass is 553 g/mol. The molecular weight excluding hydrogens is 517 g/mol. The average molecular weight is 554 g/mol. The van der Waals surface area contributed by atoms with Gasteiger partial charge < -0.3 is 15.4 Å². The predicted octanol–water partition coefficient (Wildman–Crippen LogP) is 1.72. The maximum absolute atomic E-state index is 12.6. The van der Waals surface area contributed by atoms with E-state index in [2.05, 4.69) is 20.5 Å². The minimum atomic E-state index is -3.46. The number of guanidine groups is 1. The van der Waals surface area contributed by atoms with Crippen molar-refractivity contribution < 1.29 is 13.2 Å². The van der Waals surface area contributed by atoms with Crippen LogP contribution in [0.25, 0.3) is 0 Å². The molecule has 1 fully saturated rings. The van der Waals surface area contributed by atoms with Crippen molar-refractivity contribution in [3.8, 4) is 0 Å². The van der Waals surface area contributed by atoms with E-state index in [0.717, 1.165) is 57.5 Å². The first kappa shape index (κ1) is 27.1. The van der Waals surface area contributed by atoms with Gasteiger partial charge in [-0.15, -0.1) is 24.0 Å². The number of hydrogen-bond acceptors (Lipinski definition) is 5. The minimum Gasteiger partial charge on any atom is -0.379 e. The van der Waals surface area contributed by atoms with Crippen LogP contribution >= 0.6 is 24.0 Å². The molecule has 0 aromatic heterocycles. The van der Waals surface area contributed by atoms with Gasteiger partial charge in [0.15, 0.2) is 5.96 Å². The SMILES string of the molecule is CCNC(=NCc1ccc(S(=O)(=O)N(C)C(C)C)cc1)NCCN1CCOCC1.I. The Kier molecular flexibility index (Phi) is 12.2. The Morgan fingerprint density at radius 1 is 1.20 bits per heavy atom. The minimum absolute atomic E-state index is 0. The highest BCUT2D eigenvalue weighted by Gasteiger charge is 2.22. The van der Waals surface area contributed by atoms with E-state index in [4.69, 9.17) is 4.74 Å². The van der Waals surface area contributed by atoms with Gasteiger partial charge in [-0.25, -0.2) is 13.4 Å². The van der Waals surface area contributed by atoms with E-state index in [1.165, 1.54) is 4.31 Å². The molecule has 1 aromatic rings. The van der Waals surface area contributed by atoms with Gasteiger partial charge in [0.2, 0.25) is 10.0 Å². The molecule has 0 aliphatic carbocycles. The molecule has 0 amide bonds. The van der Waals surface area contributed by atoms with Crippen molar-refractivity contribution in [1.82, 2.24) is 19.8 Å². The van der Waals surface area contributed by atoms with Crippen molar-refractivity contribution in [3.63, 3.8) is 0 Å². The summed E-state index contributed by atoms with van der Waals surface area (Å²) in [4.78, 5) is 7.28. The average Bonchev–Trinajstić information content (AvgIpc) is 2.72. The largest absolute Gasteiger partial charge is 0.379 e. The van der Waals surface area contributed by atoms with Crippen LogP contribution in [0, 0.1) is 0 Å². The summed E-state index contributed by atoms with van der Waals surface area (Å²) in [5.74, 6) is 0.761. The number of benzene rings is 1. The molecule has 2 rings (SSSR count). The van der Waals surface area contributed by atoms with Gasteiger partial charge in [-0.05, 0) is 38.5 Å². The maximum atomic E-state index is 12.6. The van der Waals surface area contributed by atoms with Crippen LogP contribution < -0.4 is 10.6 Å². The summed E-state index contributed by atoms with van der Waals surface area (Å²) in [5.41, 5.74) is 0.960. The Hall–Kier alpha value is -0.950. The summed E-state index contributed by atoms with van der Waals surface area (Å²) >= 11 is 0. The van der Waals surface area contributed by atoms with Crippen LogP contribution in [0.15, 0.2) is 34.2 Å². The number of morpholine rings is 1. The summed E-state index contributed by atoms with van der Waals surface area (Å²) in [7, 11) is -1.86. The van der Waals surface area contributed by atoms with Crippen molar-refractivity contribution in [1.29, 1.82) is 0 Å². The first-order valence-corrected chi connectivity index (χ1v) is 11.7. The Morgan fingerprint density at radius 2 is 1.83 bits per heavy atom. The summed E-state index contributed by atoms with van der Waals surface area (Å²) < 4.78 is 31.8. The fraction of sp³-hybridized carbons (Fsp3) is 0.650. The van der Waals surface area contributed by atoms with E-state index >= 15 is 0 Å². The highest BCUT2D eigenvalue weighted by Crippen LogP contribution is 2.17. The van der Waals surface area contributed by atoms with Crippen molar-refractivity contribution in [2.75, 3.05) is 53.0 Å². The fourth-order valence-electron chi connectivity index (χ4n) is 2.88. The second kappa shape index (κ2) is 13.5. The number of ether oxygens (including phenoxy) is 1. The molecule has 10 heteroatoms. The van der Waals surface area contributed by atoms with Crippen molar-refractivity contribution in [3.05, 3.63) is 29.8 Å². The maximum Gasteiger partial charge on any atom is 0.243 e. The van der Waals surface area contributed by atoms with Gasteiger partial charge in [-0.1, -0.05) is 12.1 Å². The third kappa shape index (κ3) is 8.29. The number of nitrogens with zero attached hydrogens (tertiary/aromatic N) is 3. The molecule has 8 nitrogen and oxygen atoms in total. The third-order valence-corrected chi connectivity index (χ3v) is 6.96. The number of rotatable bonds is 9. The molecule has 1 aromatic carbocycles. The molecule has 2 N–H and O–H groups in total. The van der Waals surface area contributed by atoms with Crippen LogP contribution in [0.3, 0.4) is 0 Å². The molecule has 0 spiro atoms. The number of aliphatic imine (C=N–C) groups is 1. The number of nitrogens with one attached hydrogen (secondary N) is 2. The second-order valence-corrected chi connectivity index (χ2v) is 9.33. The van der Waals surface area contributed by atoms with E-state index < -0.39 is 10.0 Å². The molecule has 0 atom stereocenters. The van der Waals surface area contributed by atoms with Crippen molar-refractivity contribution in [2.24, 2.45) is 4.99 Å². The van der Waals surface area contributed by atoms with Crippen molar-refractivity contribution in [2.45, 2.75) is 38.3 Å². The Morgan fingerprint density at radius 3 is 2.40 bits per heavy atom. The third-order valence-electron chi connectivity index (χ3n) is 4.92. The van der Waals surface area contributed by atoms with Gasteiger partial charge in [0, 0.05) is 45.8 Å². The molecule has 1 heterocycles. The topological polar surface area (TPSA) is 86.3 Å². The second-order valence-electron chi connectivity index (χ2n) is 7.33. The molecule has 1 aliphatic heterocycles. The quantitative estimate of drug-likeness (QED) is 0.275. The van der Waals surface area contributed by atoms with Crippen LogP contribution in [-0.4, -0.2) is 82.6 Å². The standard InChI is InChI=1S/C20H35N5O3S.HI/c1-5-21-20(22-10-11-25-12-14-28-15-13-25)23-16-18-6-8-19(9-7-18)29(26,27)24(4)17(2)3;/h6-9,17H,5,10-16H2,1-4H3,(H2,21,22,23);1H. The van der Waals surface area contributed by atoms with E-state index in [-0.39, 0.29) is 30.0 Å². The zero-order valence-electron chi connectivity index (χ0n) is 18.4. The van der Waals surface area contributed by atoms with Gasteiger partial charge in [0.05, 0.1) is 24.7 Å².